The van der Waals surface area contributed by atoms with Crippen molar-refractivity contribution in [2.45, 2.75) is 12.6 Å². The molecule has 0 heterocycles. The van der Waals surface area contributed by atoms with E-state index in [0.29, 0.717) is 23.7 Å². The van der Waals surface area contributed by atoms with Crippen molar-refractivity contribution in [2.24, 2.45) is 5.73 Å². The van der Waals surface area contributed by atoms with Crippen LogP contribution in [0.15, 0.2) is 48.5 Å². The van der Waals surface area contributed by atoms with Crippen molar-refractivity contribution < 1.29 is 9.59 Å². The first-order chi connectivity index (χ1) is 12.4. The highest BCUT2D eigenvalue weighted by molar-refractivity contribution is 6.31. The summed E-state index contributed by atoms with van der Waals surface area (Å²) in [6.45, 7) is 0.757. The average Bonchev–Trinajstić information content (AvgIpc) is 2.61. The van der Waals surface area contributed by atoms with Gasteiger partial charge in [-0.3, -0.25) is 4.79 Å². The van der Waals surface area contributed by atoms with Crippen molar-refractivity contribution in [3.05, 3.63) is 70.2 Å². The topological polar surface area (TPSA) is 87.5 Å². The molecule has 0 spiro atoms. The second-order valence-electron chi connectivity index (χ2n) is 6.13. The smallest absolute Gasteiger partial charge is 0.312 e. The van der Waals surface area contributed by atoms with Crippen LogP contribution in [0.4, 0.5) is 4.79 Å². The predicted octanol–water partition coefficient (Wildman–Crippen LogP) is 2.54. The molecule has 0 aromatic heterocycles. The highest BCUT2D eigenvalue weighted by Gasteiger charge is 2.18. The third-order valence-electron chi connectivity index (χ3n) is 4.03. The molecule has 0 aliphatic rings. The van der Waals surface area contributed by atoms with Gasteiger partial charge in [-0.2, -0.15) is 0 Å². The number of rotatable bonds is 7. The number of carbonyl (C=O) groups is 2. The van der Waals surface area contributed by atoms with E-state index in [2.05, 4.69) is 10.6 Å². The Bertz CT molecular complexity index is 762. The van der Waals surface area contributed by atoms with Crippen LogP contribution >= 0.6 is 11.6 Å². The summed E-state index contributed by atoms with van der Waals surface area (Å²) >= 11 is 6.29. The van der Waals surface area contributed by atoms with Crippen LogP contribution in [0.25, 0.3) is 0 Å². The summed E-state index contributed by atoms with van der Waals surface area (Å²) in [7, 11) is 3.89. The molecule has 138 valence electrons. The summed E-state index contributed by atoms with van der Waals surface area (Å²) in [5.41, 5.74) is 7.42. The van der Waals surface area contributed by atoms with E-state index < -0.39 is 6.03 Å². The van der Waals surface area contributed by atoms with Crippen molar-refractivity contribution in [2.75, 3.05) is 20.6 Å². The molecule has 2 aromatic carbocycles. The summed E-state index contributed by atoms with van der Waals surface area (Å²) in [5, 5.41) is 6.13. The zero-order chi connectivity index (χ0) is 19.1. The van der Waals surface area contributed by atoms with Crippen LogP contribution in [0, 0.1) is 0 Å². The molecule has 26 heavy (non-hydrogen) atoms. The number of nitrogens with two attached hydrogens (primary N) is 1. The molecular weight excluding hydrogens is 352 g/mol. The summed E-state index contributed by atoms with van der Waals surface area (Å²) in [4.78, 5) is 25.2. The number of hydrogen-bond donors (Lipinski definition) is 3. The number of halogens is 1. The maximum absolute atomic E-state index is 12.4. The SMILES string of the molecule is CN(C)C(CNC(=O)c1ccc(CNC(N)=O)cc1)c1ccccc1Cl. The van der Waals surface area contributed by atoms with Crippen LogP contribution in [0.2, 0.25) is 5.02 Å². The van der Waals surface area contributed by atoms with Gasteiger partial charge in [-0.25, -0.2) is 4.79 Å². The Labute approximate surface area is 158 Å². The quantitative estimate of drug-likeness (QED) is 0.696. The van der Waals surface area contributed by atoms with E-state index in [1.165, 1.54) is 0 Å². The van der Waals surface area contributed by atoms with Gasteiger partial charge >= 0.3 is 6.03 Å². The Morgan fingerprint density at radius 2 is 1.73 bits per heavy atom. The highest BCUT2D eigenvalue weighted by Crippen LogP contribution is 2.25. The Balaban J connectivity index is 2.00. The maximum Gasteiger partial charge on any atom is 0.312 e. The average molecular weight is 375 g/mol. The van der Waals surface area contributed by atoms with Gasteiger partial charge in [0, 0.05) is 23.7 Å². The first kappa shape index (κ1) is 19.8. The molecule has 0 saturated heterocycles. The van der Waals surface area contributed by atoms with Gasteiger partial charge in [0.25, 0.3) is 5.91 Å². The molecule has 0 aliphatic heterocycles. The van der Waals surface area contributed by atoms with Crippen LogP contribution in [-0.4, -0.2) is 37.5 Å². The van der Waals surface area contributed by atoms with E-state index in [4.69, 9.17) is 17.3 Å². The first-order valence-corrected chi connectivity index (χ1v) is 8.57. The van der Waals surface area contributed by atoms with E-state index in [0.717, 1.165) is 11.1 Å². The Morgan fingerprint density at radius 3 is 2.31 bits per heavy atom. The minimum atomic E-state index is -0.582. The van der Waals surface area contributed by atoms with E-state index in [1.54, 1.807) is 24.3 Å². The number of amides is 3. The van der Waals surface area contributed by atoms with Crippen molar-refractivity contribution >= 4 is 23.5 Å². The van der Waals surface area contributed by atoms with Crippen molar-refractivity contribution in [3.63, 3.8) is 0 Å². The van der Waals surface area contributed by atoms with Gasteiger partial charge in [0.2, 0.25) is 0 Å². The number of nitrogens with one attached hydrogen (secondary N) is 2. The summed E-state index contributed by atoms with van der Waals surface area (Å²) in [5.74, 6) is -0.168. The molecule has 0 fully saturated rings. The lowest BCUT2D eigenvalue weighted by Gasteiger charge is -2.26. The summed E-state index contributed by atoms with van der Waals surface area (Å²) in [6, 6.07) is 14.0. The molecule has 2 rings (SSSR count). The monoisotopic (exact) mass is 374 g/mol. The lowest BCUT2D eigenvalue weighted by Crippen LogP contribution is -2.34. The van der Waals surface area contributed by atoms with Gasteiger partial charge in [-0.15, -0.1) is 0 Å². The largest absolute Gasteiger partial charge is 0.352 e. The van der Waals surface area contributed by atoms with Crippen LogP contribution in [0.3, 0.4) is 0 Å². The Hall–Kier alpha value is -2.57. The summed E-state index contributed by atoms with van der Waals surface area (Å²) < 4.78 is 0. The molecule has 0 radical (unpaired) electrons. The fourth-order valence-electron chi connectivity index (χ4n) is 2.57. The number of urea groups is 1. The third kappa shape index (κ3) is 5.47. The van der Waals surface area contributed by atoms with Crippen LogP contribution in [-0.2, 0) is 6.54 Å². The Kier molecular flexibility index (Phi) is 7.00. The molecule has 0 saturated carbocycles. The fraction of sp³-hybridized carbons (Fsp3) is 0.263. The predicted molar refractivity (Wildman–Crippen MR) is 103 cm³/mol. The van der Waals surface area contributed by atoms with E-state index >= 15 is 0 Å². The third-order valence-corrected chi connectivity index (χ3v) is 4.37. The molecular formula is C19H23ClN4O2. The second kappa shape index (κ2) is 9.22. The molecule has 1 unspecified atom stereocenters. The minimum Gasteiger partial charge on any atom is -0.352 e. The standard InChI is InChI=1S/C19H23ClN4O2/c1-24(2)17(15-5-3-4-6-16(15)20)12-22-18(25)14-9-7-13(8-10-14)11-23-19(21)26/h3-10,17H,11-12H2,1-2H3,(H,22,25)(H3,21,23,26). The second-order valence-corrected chi connectivity index (χ2v) is 6.53. The van der Waals surface area contributed by atoms with Gasteiger partial charge in [-0.05, 0) is 43.4 Å². The van der Waals surface area contributed by atoms with Crippen molar-refractivity contribution in [1.29, 1.82) is 0 Å². The molecule has 6 nitrogen and oxygen atoms in total. The van der Waals surface area contributed by atoms with Gasteiger partial charge in [0.1, 0.15) is 0 Å². The molecule has 2 aromatic rings. The number of hydrogen-bond acceptors (Lipinski definition) is 3. The van der Waals surface area contributed by atoms with E-state index in [-0.39, 0.29) is 11.9 Å². The molecule has 4 N–H and O–H groups in total. The number of nitrogens with zero attached hydrogens (tertiary/aromatic N) is 1. The minimum absolute atomic E-state index is 0.0355. The molecule has 0 bridgehead atoms. The zero-order valence-corrected chi connectivity index (χ0v) is 15.6. The fourth-order valence-corrected chi connectivity index (χ4v) is 2.83. The van der Waals surface area contributed by atoms with Crippen molar-refractivity contribution in [1.82, 2.24) is 15.5 Å². The van der Waals surface area contributed by atoms with Gasteiger partial charge in [0.15, 0.2) is 0 Å². The van der Waals surface area contributed by atoms with Crippen molar-refractivity contribution in [3.8, 4) is 0 Å². The highest BCUT2D eigenvalue weighted by atomic mass is 35.5. The molecule has 1 atom stereocenters. The normalized spacial score (nSPS) is 11.8. The zero-order valence-electron chi connectivity index (χ0n) is 14.8. The number of primary amides is 1. The summed E-state index contributed by atoms with van der Waals surface area (Å²) in [6.07, 6.45) is 0. The van der Waals surface area contributed by atoms with Gasteiger partial charge < -0.3 is 21.3 Å². The lowest BCUT2D eigenvalue weighted by molar-refractivity contribution is 0.0942. The first-order valence-electron chi connectivity index (χ1n) is 8.19. The Morgan fingerprint density at radius 1 is 1.08 bits per heavy atom. The molecule has 7 heteroatoms. The van der Waals surface area contributed by atoms with E-state index in [9.17, 15) is 9.59 Å². The van der Waals surface area contributed by atoms with E-state index in [1.807, 2.05) is 43.3 Å². The maximum atomic E-state index is 12.4. The molecule has 3 amide bonds. The number of benzene rings is 2. The molecule has 0 aliphatic carbocycles. The number of likely N-dealkylation sites (N-methyl/N-ethyl adjacent to an activating group) is 1. The van der Waals surface area contributed by atoms with Crippen LogP contribution in [0.5, 0.6) is 0 Å². The van der Waals surface area contributed by atoms with Gasteiger partial charge in [-0.1, -0.05) is 41.9 Å². The van der Waals surface area contributed by atoms with Crippen LogP contribution < -0.4 is 16.4 Å². The number of carbonyl (C=O) groups excluding carboxylic acids is 2. The lowest BCUT2D eigenvalue weighted by atomic mass is 10.1. The van der Waals surface area contributed by atoms with Gasteiger partial charge in [0.05, 0.1) is 6.04 Å². The van der Waals surface area contributed by atoms with Crippen LogP contribution in [0.1, 0.15) is 27.5 Å².